The lowest BCUT2D eigenvalue weighted by Gasteiger charge is -2.07. The molecule has 2 nitrogen and oxygen atoms in total. The molecule has 2 aromatic carbocycles. The molecule has 21 heavy (non-hydrogen) atoms. The van der Waals surface area contributed by atoms with Crippen LogP contribution in [0.1, 0.15) is 5.56 Å². The monoisotopic (exact) mass is 343 g/mol. The van der Waals surface area contributed by atoms with Gasteiger partial charge < -0.3 is 5.32 Å². The van der Waals surface area contributed by atoms with Crippen LogP contribution in [0.5, 0.6) is 0 Å². The molecule has 2 rings (SSSR count). The van der Waals surface area contributed by atoms with E-state index in [0.29, 0.717) is 27.0 Å². The van der Waals surface area contributed by atoms with Gasteiger partial charge >= 0.3 is 0 Å². The van der Waals surface area contributed by atoms with Crippen LogP contribution in [0, 0.1) is 5.82 Å². The fraction of sp³-hybridized carbons (Fsp3) is 0.133. The number of rotatable bonds is 5. The quantitative estimate of drug-likeness (QED) is 0.827. The third-order valence-corrected chi connectivity index (χ3v) is 4.20. The van der Waals surface area contributed by atoms with Gasteiger partial charge in [-0.05, 0) is 30.3 Å². The Morgan fingerprint density at radius 2 is 1.95 bits per heavy atom. The van der Waals surface area contributed by atoms with E-state index in [1.807, 2.05) is 0 Å². The predicted octanol–water partition coefficient (Wildman–Crippen LogP) is 5.00. The molecule has 0 spiro atoms. The molecule has 0 fully saturated rings. The van der Waals surface area contributed by atoms with Crippen molar-refractivity contribution < 1.29 is 9.18 Å². The third kappa shape index (κ3) is 4.92. The number of carbonyl (C=O) groups is 1. The maximum atomic E-state index is 13.6. The summed E-state index contributed by atoms with van der Waals surface area (Å²) in [5.74, 6) is 0.0195. The van der Waals surface area contributed by atoms with Gasteiger partial charge in [0.1, 0.15) is 5.82 Å². The van der Waals surface area contributed by atoms with Crippen LogP contribution in [-0.2, 0) is 10.5 Å². The SMILES string of the molecule is O=C(CSCc1c(F)cccc1Cl)Nc1cccc(Cl)c1. The van der Waals surface area contributed by atoms with Gasteiger partial charge in [0.05, 0.1) is 5.75 Å². The van der Waals surface area contributed by atoms with Crippen molar-refractivity contribution in [3.63, 3.8) is 0 Å². The second-order valence-corrected chi connectivity index (χ2v) is 6.08. The Labute approximate surface area is 136 Å². The molecule has 0 heterocycles. The summed E-state index contributed by atoms with van der Waals surface area (Å²) in [6, 6.07) is 11.4. The minimum atomic E-state index is -0.356. The van der Waals surface area contributed by atoms with Crippen molar-refractivity contribution in [1.82, 2.24) is 0 Å². The predicted molar refractivity (Wildman–Crippen MR) is 87.7 cm³/mol. The molecule has 1 amide bonds. The van der Waals surface area contributed by atoms with Gasteiger partial charge in [0, 0.05) is 27.0 Å². The molecule has 0 aromatic heterocycles. The fourth-order valence-electron chi connectivity index (χ4n) is 1.68. The Bertz CT molecular complexity index is 631. The topological polar surface area (TPSA) is 29.1 Å². The smallest absolute Gasteiger partial charge is 0.234 e. The first-order valence-electron chi connectivity index (χ1n) is 6.12. The van der Waals surface area contributed by atoms with Crippen LogP contribution in [0.3, 0.4) is 0 Å². The molecule has 0 aliphatic carbocycles. The standard InChI is InChI=1S/C15H12Cl2FNOS/c16-10-3-1-4-11(7-10)19-15(20)9-21-8-12-13(17)5-2-6-14(12)18/h1-7H,8-9H2,(H,19,20). The molecule has 0 radical (unpaired) electrons. The van der Waals surface area contributed by atoms with E-state index in [1.165, 1.54) is 17.8 Å². The number of nitrogens with one attached hydrogen (secondary N) is 1. The second kappa shape index (κ2) is 7.69. The molecule has 0 unspecified atom stereocenters. The summed E-state index contributed by atoms with van der Waals surface area (Å²) in [6.07, 6.45) is 0. The number of amides is 1. The molecular formula is C15H12Cl2FNOS. The zero-order chi connectivity index (χ0) is 15.2. The van der Waals surface area contributed by atoms with Gasteiger partial charge in [-0.3, -0.25) is 4.79 Å². The fourth-order valence-corrected chi connectivity index (χ4v) is 3.04. The van der Waals surface area contributed by atoms with Gasteiger partial charge in [0.25, 0.3) is 0 Å². The van der Waals surface area contributed by atoms with Crippen LogP contribution >= 0.6 is 35.0 Å². The summed E-state index contributed by atoms with van der Waals surface area (Å²) in [4.78, 5) is 11.8. The minimum Gasteiger partial charge on any atom is -0.325 e. The van der Waals surface area contributed by atoms with E-state index < -0.39 is 0 Å². The van der Waals surface area contributed by atoms with E-state index in [0.717, 1.165) is 0 Å². The number of halogens is 3. The Balaban J connectivity index is 1.85. The number of thioether (sulfide) groups is 1. The van der Waals surface area contributed by atoms with E-state index in [9.17, 15) is 9.18 Å². The highest BCUT2D eigenvalue weighted by molar-refractivity contribution is 7.99. The molecule has 0 atom stereocenters. The van der Waals surface area contributed by atoms with Crippen molar-refractivity contribution in [3.05, 3.63) is 63.9 Å². The third-order valence-electron chi connectivity index (χ3n) is 2.65. The molecule has 0 saturated carbocycles. The highest BCUT2D eigenvalue weighted by Gasteiger charge is 2.09. The number of hydrogen-bond acceptors (Lipinski definition) is 2. The molecule has 0 bridgehead atoms. The lowest BCUT2D eigenvalue weighted by atomic mass is 10.2. The number of benzene rings is 2. The van der Waals surface area contributed by atoms with E-state index in [-0.39, 0.29) is 17.5 Å². The van der Waals surface area contributed by atoms with Crippen LogP contribution in [0.25, 0.3) is 0 Å². The first-order valence-corrected chi connectivity index (χ1v) is 8.03. The zero-order valence-electron chi connectivity index (χ0n) is 10.9. The van der Waals surface area contributed by atoms with Crippen LogP contribution in [-0.4, -0.2) is 11.7 Å². The Morgan fingerprint density at radius 3 is 2.67 bits per heavy atom. The van der Waals surface area contributed by atoms with Gasteiger partial charge in [-0.1, -0.05) is 35.3 Å². The van der Waals surface area contributed by atoms with Crippen LogP contribution in [0.15, 0.2) is 42.5 Å². The minimum absolute atomic E-state index is 0.172. The Hall–Kier alpha value is -1.23. The van der Waals surface area contributed by atoms with Gasteiger partial charge in [-0.2, -0.15) is 0 Å². The van der Waals surface area contributed by atoms with E-state index >= 15 is 0 Å². The zero-order valence-corrected chi connectivity index (χ0v) is 13.2. The van der Waals surface area contributed by atoms with E-state index in [2.05, 4.69) is 5.32 Å². The highest BCUT2D eigenvalue weighted by Crippen LogP contribution is 2.24. The summed E-state index contributed by atoms with van der Waals surface area (Å²) < 4.78 is 13.6. The van der Waals surface area contributed by atoms with E-state index in [4.69, 9.17) is 23.2 Å². The largest absolute Gasteiger partial charge is 0.325 e. The first-order chi connectivity index (χ1) is 10.1. The average Bonchev–Trinajstić information content (AvgIpc) is 2.42. The van der Waals surface area contributed by atoms with Crippen molar-refractivity contribution in [3.8, 4) is 0 Å². The maximum absolute atomic E-state index is 13.6. The highest BCUT2D eigenvalue weighted by atomic mass is 35.5. The lowest BCUT2D eigenvalue weighted by molar-refractivity contribution is -0.113. The van der Waals surface area contributed by atoms with Gasteiger partial charge in [0.2, 0.25) is 5.91 Å². The van der Waals surface area contributed by atoms with Crippen molar-refractivity contribution >= 4 is 46.6 Å². The Kier molecular flexibility index (Phi) is 5.91. The van der Waals surface area contributed by atoms with Crippen molar-refractivity contribution in [1.29, 1.82) is 0 Å². The van der Waals surface area contributed by atoms with E-state index in [1.54, 1.807) is 36.4 Å². The van der Waals surface area contributed by atoms with Gasteiger partial charge in [0.15, 0.2) is 0 Å². The van der Waals surface area contributed by atoms with Crippen LogP contribution in [0.4, 0.5) is 10.1 Å². The van der Waals surface area contributed by atoms with Crippen molar-refractivity contribution in [2.24, 2.45) is 0 Å². The summed E-state index contributed by atoms with van der Waals surface area (Å²) in [5, 5.41) is 3.65. The van der Waals surface area contributed by atoms with Crippen LogP contribution in [0.2, 0.25) is 10.0 Å². The summed E-state index contributed by atoms with van der Waals surface area (Å²) in [6.45, 7) is 0. The second-order valence-electron chi connectivity index (χ2n) is 4.25. The molecule has 2 aromatic rings. The molecule has 1 N–H and O–H groups in total. The summed E-state index contributed by atoms with van der Waals surface area (Å²) >= 11 is 13.1. The van der Waals surface area contributed by atoms with Gasteiger partial charge in [-0.15, -0.1) is 11.8 Å². The normalized spacial score (nSPS) is 10.4. The molecular weight excluding hydrogens is 332 g/mol. The average molecular weight is 344 g/mol. The Morgan fingerprint density at radius 1 is 1.19 bits per heavy atom. The van der Waals surface area contributed by atoms with Crippen molar-refractivity contribution in [2.45, 2.75) is 5.75 Å². The molecule has 6 heteroatoms. The molecule has 0 saturated heterocycles. The molecule has 0 aliphatic heterocycles. The number of anilines is 1. The molecule has 110 valence electrons. The summed E-state index contributed by atoms with van der Waals surface area (Å²) in [5.41, 5.74) is 1.05. The first kappa shape index (κ1) is 16.1. The molecule has 0 aliphatic rings. The van der Waals surface area contributed by atoms with Crippen LogP contribution < -0.4 is 5.32 Å². The number of carbonyl (C=O) groups excluding carboxylic acids is 1. The lowest BCUT2D eigenvalue weighted by Crippen LogP contribution is -2.14. The number of hydrogen-bond donors (Lipinski definition) is 1. The van der Waals surface area contributed by atoms with Crippen molar-refractivity contribution in [2.75, 3.05) is 11.1 Å². The maximum Gasteiger partial charge on any atom is 0.234 e. The summed E-state index contributed by atoms with van der Waals surface area (Å²) in [7, 11) is 0. The van der Waals surface area contributed by atoms with Gasteiger partial charge in [-0.25, -0.2) is 4.39 Å².